The summed E-state index contributed by atoms with van der Waals surface area (Å²) in [5.41, 5.74) is 11.6. The maximum Gasteiger partial charge on any atom is 0.0540 e. The van der Waals surface area contributed by atoms with E-state index < -0.39 is 0 Å². The van der Waals surface area contributed by atoms with Gasteiger partial charge in [-0.25, -0.2) is 0 Å². The Kier molecular flexibility index (Phi) is 55.5. The molecule has 0 spiro atoms. The maximum absolute atomic E-state index is 9.21. The van der Waals surface area contributed by atoms with Gasteiger partial charge < -0.3 is 46.4 Å². The number of hydrogen-bond acceptors (Lipinski definition) is 9. The third-order valence-electron chi connectivity index (χ3n) is 28.5. The molecule has 0 aromatic rings. The SMILES string of the molecule is CC(C)C1CCC(CN(C)C)C1.CC(C)C1CCC(N(C)C)C1.CC(C)C1CCC(N(C)C)CC1.CC(C)C1CCC(N)CC1.CC(C)C1CCC(O)CC1.CC(C)C1CCC1C.CC(C)C1CCN(C(C)C)CC1.CC(C)C1CCNCC1.CC(C)N1CCC(N)CC1.CC1CCCC(C(C)C)C1. The van der Waals surface area contributed by atoms with Gasteiger partial charge in [0.25, 0.3) is 0 Å². The summed E-state index contributed by atoms with van der Waals surface area (Å²) < 4.78 is 0. The lowest BCUT2D eigenvalue weighted by Crippen LogP contribution is -2.42. The molecule has 8 unspecified atom stereocenters. The second kappa shape index (κ2) is 56.8. The highest BCUT2D eigenvalue weighted by Gasteiger charge is 2.32. The molecule has 3 saturated heterocycles. The molecule has 0 radical (unpaired) electrons. The first kappa shape index (κ1) is 102. The zero-order chi connectivity index (χ0) is 78.9. The Morgan fingerprint density at radius 2 is 0.683 bits per heavy atom. The molecule has 9 heteroatoms. The highest BCUT2D eigenvalue weighted by molar-refractivity contribution is 4.85. The minimum absolute atomic E-state index is 0.00926. The number of hydrogen-bond donors (Lipinski definition) is 4. The van der Waals surface area contributed by atoms with Crippen LogP contribution in [0.4, 0.5) is 0 Å². The van der Waals surface area contributed by atoms with E-state index in [0.29, 0.717) is 18.1 Å². The minimum atomic E-state index is 0.00926. The van der Waals surface area contributed by atoms with E-state index in [2.05, 4.69) is 238 Å². The van der Waals surface area contributed by atoms with Gasteiger partial charge in [0.15, 0.2) is 0 Å². The van der Waals surface area contributed by atoms with Crippen LogP contribution in [-0.2, 0) is 0 Å². The lowest BCUT2D eigenvalue weighted by molar-refractivity contribution is 0.0963. The Balaban J connectivity index is 0.000000579. The molecule has 7 saturated carbocycles. The van der Waals surface area contributed by atoms with Crippen molar-refractivity contribution in [3.8, 4) is 0 Å². The smallest absolute Gasteiger partial charge is 0.0540 e. The first-order valence-electron chi connectivity index (χ1n) is 46.1. The summed E-state index contributed by atoms with van der Waals surface area (Å²) in [6, 6.07) is 4.15. The number of likely N-dealkylation sites (tertiary alicyclic amines) is 2. The Morgan fingerprint density at radius 1 is 0.337 bits per heavy atom. The molecule has 10 aliphatic rings. The van der Waals surface area contributed by atoms with Crippen molar-refractivity contribution in [2.45, 2.75) is 401 Å². The maximum atomic E-state index is 9.21. The van der Waals surface area contributed by atoms with Crippen LogP contribution in [0.15, 0.2) is 0 Å². The fourth-order valence-corrected chi connectivity index (χ4v) is 19.2. The van der Waals surface area contributed by atoms with E-state index in [1.165, 1.54) is 226 Å². The molecule has 10 fully saturated rings. The van der Waals surface area contributed by atoms with Crippen LogP contribution in [0.2, 0.25) is 0 Å². The number of nitrogens with two attached hydrogens (primary N) is 2. The Morgan fingerprint density at radius 3 is 0.990 bits per heavy atom. The topological polar surface area (TPSA) is 100 Å². The van der Waals surface area contributed by atoms with E-state index >= 15 is 0 Å². The van der Waals surface area contributed by atoms with Crippen molar-refractivity contribution in [1.82, 2.24) is 29.8 Å². The first-order chi connectivity index (χ1) is 48.7. The summed E-state index contributed by atoms with van der Waals surface area (Å²) in [4.78, 5) is 12.2. The van der Waals surface area contributed by atoms with Crippen molar-refractivity contribution < 1.29 is 5.11 Å². The molecule has 9 nitrogen and oxygen atoms in total. The van der Waals surface area contributed by atoms with Crippen LogP contribution in [-0.4, -0.2) is 160 Å². The summed E-state index contributed by atoms with van der Waals surface area (Å²) in [6.07, 6.45) is 41.0. The number of aliphatic hydroxyl groups is 1. The molecule has 3 aliphatic heterocycles. The number of rotatable bonds is 15. The minimum Gasteiger partial charge on any atom is -0.393 e. The fourth-order valence-electron chi connectivity index (χ4n) is 19.2. The van der Waals surface area contributed by atoms with Gasteiger partial charge in [-0.15, -0.1) is 0 Å². The quantitative estimate of drug-likeness (QED) is 0.128. The highest BCUT2D eigenvalue weighted by atomic mass is 16.3. The molecule has 7 aliphatic carbocycles. The predicted octanol–water partition coefficient (Wildman–Crippen LogP) is 23.5. The highest BCUT2D eigenvalue weighted by Crippen LogP contribution is 2.40. The van der Waals surface area contributed by atoms with Gasteiger partial charge in [-0.3, -0.25) is 0 Å². The van der Waals surface area contributed by atoms with Crippen LogP contribution in [0, 0.1) is 124 Å². The van der Waals surface area contributed by atoms with E-state index in [1.807, 2.05) is 0 Å². The normalized spacial score (nSPS) is 30.4. The third-order valence-corrected chi connectivity index (χ3v) is 28.5. The van der Waals surface area contributed by atoms with E-state index in [-0.39, 0.29) is 6.10 Å². The largest absolute Gasteiger partial charge is 0.393 e. The van der Waals surface area contributed by atoms with Crippen LogP contribution >= 0.6 is 0 Å². The Labute approximate surface area is 656 Å². The zero-order valence-corrected chi connectivity index (χ0v) is 76.7. The molecule has 0 aromatic carbocycles. The first-order valence-corrected chi connectivity index (χ1v) is 46.1. The van der Waals surface area contributed by atoms with Crippen LogP contribution in [0.3, 0.4) is 0 Å². The number of aliphatic hydroxyl groups excluding tert-OH is 1. The van der Waals surface area contributed by atoms with Crippen LogP contribution < -0.4 is 16.8 Å². The van der Waals surface area contributed by atoms with Crippen molar-refractivity contribution in [1.29, 1.82) is 0 Å². The number of nitrogens with one attached hydrogen (secondary N) is 1. The summed E-state index contributed by atoms with van der Waals surface area (Å²) in [7, 11) is 13.2. The summed E-state index contributed by atoms with van der Waals surface area (Å²) >= 11 is 0. The summed E-state index contributed by atoms with van der Waals surface area (Å²) in [6.45, 7) is 64.8. The third kappa shape index (κ3) is 45.4. The summed E-state index contributed by atoms with van der Waals surface area (Å²) in [5, 5.41) is 12.6. The van der Waals surface area contributed by atoms with E-state index in [4.69, 9.17) is 11.5 Å². The molecular weight excluding hydrogens is 1270 g/mol. The lowest BCUT2D eigenvalue weighted by atomic mass is 9.69. The van der Waals surface area contributed by atoms with Gasteiger partial charge >= 0.3 is 0 Å². The number of nitrogens with zero attached hydrogens (tertiary/aromatic N) is 5. The van der Waals surface area contributed by atoms with Crippen molar-refractivity contribution in [2.24, 2.45) is 136 Å². The van der Waals surface area contributed by atoms with E-state index in [0.717, 1.165) is 155 Å². The molecular formula is C95H198N8O. The van der Waals surface area contributed by atoms with E-state index in [9.17, 15) is 5.11 Å². The van der Waals surface area contributed by atoms with Crippen LogP contribution in [0.25, 0.3) is 0 Å². The van der Waals surface area contributed by atoms with Crippen molar-refractivity contribution in [2.75, 3.05) is 88.1 Å². The van der Waals surface area contributed by atoms with Crippen LogP contribution in [0.1, 0.15) is 359 Å². The second-order valence-corrected chi connectivity index (χ2v) is 41.1. The monoisotopic (exact) mass is 1470 g/mol. The van der Waals surface area contributed by atoms with Gasteiger partial charge in [0.05, 0.1) is 6.10 Å². The van der Waals surface area contributed by atoms with Gasteiger partial charge in [-0.05, 0) is 400 Å². The standard InChI is InChI=1S/3C11H23N.C10H21N.C10H20.C9H19N.C9H18O.C8H18N2.C8H17N.C8H16/c1-9(2)10-5-7-11(8-6-10)12(3)4;1-9(2)11-5-7-12(8-6-11)10(3)4;1-9(2)11-6-5-10(7-11)8-12(3)4;1-8(2)9-5-6-10(7-9)11(3)4;1-8(2)10-6-4-5-9(3)7-10;2*1-7(2)8-3-5-9(10)6-4-8;1-7(2)10-5-3-8(9)4-6-10;1-7(2)8-3-5-9-6-4-8;1-6(2)8-5-4-7(8)3/h3*9-11H,5-8H2,1-4H3;8-10H,5-7H2,1-4H3;8-10H,4-7H2,1-3H3;7-9H,3-6,10H2,1-2H3;7-10H,3-6H2,1-2H3;7-8H,3-6,9H2,1-2H3;7-9H,3-6H2,1-2H3;6-8H,4-5H2,1-3H3. The molecule has 104 heavy (non-hydrogen) atoms. The predicted molar refractivity (Wildman–Crippen MR) is 467 cm³/mol. The van der Waals surface area contributed by atoms with Gasteiger partial charge in [-0.1, -0.05) is 164 Å². The average Bonchev–Trinajstić information content (AvgIpc) is 1.10. The molecule has 3 heterocycles. The zero-order valence-electron chi connectivity index (χ0n) is 76.7. The lowest BCUT2D eigenvalue weighted by Gasteiger charge is -2.36. The van der Waals surface area contributed by atoms with Gasteiger partial charge in [-0.2, -0.15) is 0 Å². The Bertz CT molecular complexity index is 1760. The van der Waals surface area contributed by atoms with Crippen molar-refractivity contribution in [3.63, 3.8) is 0 Å². The van der Waals surface area contributed by atoms with Gasteiger partial charge in [0.1, 0.15) is 0 Å². The fraction of sp³-hybridized carbons (Fsp3) is 1.00. The van der Waals surface area contributed by atoms with Gasteiger partial charge in [0.2, 0.25) is 0 Å². The average molecular weight is 1470 g/mol. The second-order valence-electron chi connectivity index (χ2n) is 41.1. The van der Waals surface area contributed by atoms with Gasteiger partial charge in [0, 0.05) is 42.8 Å². The molecule has 10 rings (SSSR count). The molecule has 0 bridgehead atoms. The number of piperidine rings is 3. The molecule has 8 atom stereocenters. The molecule has 624 valence electrons. The summed E-state index contributed by atoms with van der Waals surface area (Å²) in [5.74, 6) is 19.9. The molecule has 0 aromatic heterocycles. The van der Waals surface area contributed by atoms with Crippen molar-refractivity contribution in [3.05, 3.63) is 0 Å². The van der Waals surface area contributed by atoms with E-state index in [1.54, 1.807) is 0 Å². The molecule has 6 N–H and O–H groups in total. The van der Waals surface area contributed by atoms with Crippen molar-refractivity contribution >= 4 is 0 Å². The van der Waals surface area contributed by atoms with Crippen LogP contribution in [0.5, 0.6) is 0 Å². The Hall–Kier alpha value is -0.360. The molecule has 0 amide bonds.